The van der Waals surface area contributed by atoms with Crippen molar-refractivity contribution in [3.63, 3.8) is 0 Å². The topological polar surface area (TPSA) is 105 Å². The highest BCUT2D eigenvalue weighted by Gasteiger charge is 2.20. The number of aryl methyl sites for hydroxylation is 1. The Morgan fingerprint density at radius 3 is 2.27 bits per heavy atom. The van der Waals surface area contributed by atoms with Gasteiger partial charge in [0, 0.05) is 19.7 Å². The van der Waals surface area contributed by atoms with E-state index in [-0.39, 0.29) is 22.7 Å². The second kappa shape index (κ2) is 8.76. The van der Waals surface area contributed by atoms with E-state index in [1.807, 2.05) is 31.2 Å². The quantitative estimate of drug-likeness (QED) is 0.620. The molecule has 0 aliphatic carbocycles. The van der Waals surface area contributed by atoms with Crippen LogP contribution in [-0.2, 0) is 16.4 Å². The fourth-order valence-corrected chi connectivity index (χ4v) is 3.70. The lowest BCUT2D eigenvalue weighted by molar-refractivity contribution is 0.0905. The first-order chi connectivity index (χ1) is 14.2. The molecule has 3 rings (SSSR count). The van der Waals surface area contributed by atoms with E-state index in [0.29, 0.717) is 5.56 Å². The molecule has 158 valence electrons. The van der Waals surface area contributed by atoms with Crippen molar-refractivity contribution in [3.8, 4) is 11.5 Å². The van der Waals surface area contributed by atoms with E-state index in [2.05, 4.69) is 22.4 Å². The molecule has 0 fully saturated rings. The Labute approximate surface area is 176 Å². The molecule has 1 N–H and O–H groups in total. The number of sulfonamides is 1. The summed E-state index contributed by atoms with van der Waals surface area (Å²) in [7, 11) is -0.599. The van der Waals surface area contributed by atoms with Crippen LogP contribution in [0.1, 0.15) is 41.7 Å². The van der Waals surface area contributed by atoms with Crippen molar-refractivity contribution in [1.82, 2.24) is 19.8 Å². The Bertz CT molecular complexity index is 1120. The van der Waals surface area contributed by atoms with Crippen LogP contribution >= 0.6 is 0 Å². The van der Waals surface area contributed by atoms with E-state index in [9.17, 15) is 13.2 Å². The summed E-state index contributed by atoms with van der Waals surface area (Å²) in [5, 5.41) is 10.5. The molecule has 0 spiro atoms. The molecule has 9 heteroatoms. The van der Waals surface area contributed by atoms with Crippen molar-refractivity contribution in [3.05, 3.63) is 65.5 Å². The van der Waals surface area contributed by atoms with Gasteiger partial charge in [0.05, 0.1) is 10.9 Å². The highest BCUT2D eigenvalue weighted by Crippen LogP contribution is 2.22. The van der Waals surface area contributed by atoms with Gasteiger partial charge in [-0.2, -0.15) is 0 Å². The Kier molecular flexibility index (Phi) is 6.33. The Hall–Kier alpha value is -3.04. The van der Waals surface area contributed by atoms with Crippen molar-refractivity contribution < 1.29 is 17.6 Å². The van der Waals surface area contributed by atoms with Crippen LogP contribution in [-0.4, -0.2) is 42.9 Å². The molecule has 0 aliphatic rings. The Morgan fingerprint density at radius 1 is 1.07 bits per heavy atom. The third-order valence-electron chi connectivity index (χ3n) is 4.73. The zero-order chi connectivity index (χ0) is 21.9. The monoisotopic (exact) mass is 428 g/mol. The fourth-order valence-electron chi connectivity index (χ4n) is 2.80. The number of nitrogens with one attached hydrogen (secondary N) is 1. The van der Waals surface area contributed by atoms with Gasteiger partial charge in [0.25, 0.3) is 0 Å². The molecular weight excluding hydrogens is 404 g/mol. The number of hydrogen-bond acceptors (Lipinski definition) is 6. The number of nitrogens with zero attached hydrogens (tertiary/aromatic N) is 3. The minimum atomic E-state index is -3.53. The molecule has 0 aliphatic heterocycles. The van der Waals surface area contributed by atoms with Crippen LogP contribution in [0.25, 0.3) is 11.5 Å². The summed E-state index contributed by atoms with van der Waals surface area (Å²) in [4.78, 5) is 12.6. The molecule has 0 unspecified atom stereocenters. The average Bonchev–Trinajstić information content (AvgIpc) is 3.24. The Balaban J connectivity index is 1.71. The van der Waals surface area contributed by atoms with E-state index in [1.165, 1.54) is 31.8 Å². The van der Waals surface area contributed by atoms with Crippen LogP contribution in [0.15, 0.2) is 57.8 Å². The molecule has 0 saturated carbocycles. The molecule has 0 saturated heterocycles. The maximum absolute atomic E-state index is 12.5. The minimum absolute atomic E-state index is 0.133. The second-order valence-corrected chi connectivity index (χ2v) is 9.17. The van der Waals surface area contributed by atoms with Crippen molar-refractivity contribution in [2.45, 2.75) is 31.2 Å². The van der Waals surface area contributed by atoms with Crippen LogP contribution in [0.2, 0.25) is 0 Å². The highest BCUT2D eigenvalue weighted by atomic mass is 32.2. The number of carbonyl (C=O) groups is 1. The van der Waals surface area contributed by atoms with Crippen molar-refractivity contribution >= 4 is 15.9 Å². The normalized spacial score (nSPS) is 12.7. The lowest BCUT2D eigenvalue weighted by Crippen LogP contribution is -2.26. The smallest absolute Gasteiger partial charge is 0.309 e. The lowest BCUT2D eigenvalue weighted by Gasteiger charge is -2.13. The largest absolute Gasteiger partial charge is 0.412 e. The molecule has 1 atom stereocenters. The van der Waals surface area contributed by atoms with Gasteiger partial charge in [-0.1, -0.05) is 31.2 Å². The van der Waals surface area contributed by atoms with Crippen molar-refractivity contribution in [2.75, 3.05) is 14.1 Å². The maximum Gasteiger partial charge on any atom is 0.309 e. The summed E-state index contributed by atoms with van der Waals surface area (Å²) in [6.45, 7) is 3.96. The summed E-state index contributed by atoms with van der Waals surface area (Å²) in [6, 6.07) is 13.8. The van der Waals surface area contributed by atoms with Crippen LogP contribution in [0.5, 0.6) is 0 Å². The van der Waals surface area contributed by atoms with Crippen LogP contribution < -0.4 is 5.32 Å². The van der Waals surface area contributed by atoms with Crippen LogP contribution in [0.4, 0.5) is 0 Å². The number of carbonyl (C=O) groups excluding carboxylic acids is 1. The first kappa shape index (κ1) is 21.7. The van der Waals surface area contributed by atoms with Gasteiger partial charge in [-0.15, -0.1) is 10.2 Å². The van der Waals surface area contributed by atoms with E-state index >= 15 is 0 Å². The molecule has 0 radical (unpaired) electrons. The molecular formula is C21H24N4O4S. The van der Waals surface area contributed by atoms with E-state index in [0.717, 1.165) is 16.3 Å². The molecule has 0 bridgehead atoms. The van der Waals surface area contributed by atoms with Gasteiger partial charge in [0.2, 0.25) is 15.9 Å². The number of amides is 1. The first-order valence-electron chi connectivity index (χ1n) is 9.48. The third-order valence-corrected chi connectivity index (χ3v) is 6.56. The molecule has 1 amide bonds. The molecule has 8 nitrogen and oxygen atoms in total. The van der Waals surface area contributed by atoms with Crippen molar-refractivity contribution in [2.24, 2.45) is 0 Å². The fraction of sp³-hybridized carbons (Fsp3) is 0.286. The van der Waals surface area contributed by atoms with E-state index in [4.69, 9.17) is 4.42 Å². The van der Waals surface area contributed by atoms with E-state index in [1.54, 1.807) is 12.1 Å². The lowest BCUT2D eigenvalue weighted by atomic mass is 10.1. The Morgan fingerprint density at radius 2 is 1.70 bits per heavy atom. The van der Waals surface area contributed by atoms with Gasteiger partial charge in [0.1, 0.15) is 0 Å². The summed E-state index contributed by atoms with van der Waals surface area (Å²) in [5.41, 5.74) is 2.71. The minimum Gasteiger partial charge on any atom is -0.412 e. The third kappa shape index (κ3) is 4.58. The zero-order valence-corrected chi connectivity index (χ0v) is 18.1. The van der Waals surface area contributed by atoms with Gasteiger partial charge in [-0.05, 0) is 48.7 Å². The first-order valence-corrected chi connectivity index (χ1v) is 10.9. The molecule has 1 heterocycles. The van der Waals surface area contributed by atoms with Gasteiger partial charge in [-0.25, -0.2) is 12.7 Å². The summed E-state index contributed by atoms with van der Waals surface area (Å²) >= 11 is 0. The number of aromatic nitrogens is 2. The SMILES string of the molecule is CCc1ccc([C@@H](C)NC(=O)c2nnc(-c3ccc(S(=O)(=O)N(C)C)cc3)o2)cc1. The van der Waals surface area contributed by atoms with E-state index < -0.39 is 15.9 Å². The van der Waals surface area contributed by atoms with Gasteiger partial charge in [0.15, 0.2) is 0 Å². The molecule has 2 aromatic carbocycles. The predicted octanol–water partition coefficient (Wildman–Crippen LogP) is 3.04. The average molecular weight is 429 g/mol. The van der Waals surface area contributed by atoms with Crippen LogP contribution in [0.3, 0.4) is 0 Å². The predicted molar refractivity (Wildman–Crippen MR) is 112 cm³/mol. The molecule has 1 aromatic heterocycles. The molecule has 30 heavy (non-hydrogen) atoms. The van der Waals surface area contributed by atoms with Gasteiger partial charge < -0.3 is 9.73 Å². The summed E-state index contributed by atoms with van der Waals surface area (Å²) in [5.74, 6) is -0.506. The zero-order valence-electron chi connectivity index (χ0n) is 17.3. The second-order valence-electron chi connectivity index (χ2n) is 7.01. The van der Waals surface area contributed by atoms with Crippen LogP contribution in [0, 0.1) is 0 Å². The maximum atomic E-state index is 12.5. The van der Waals surface area contributed by atoms with Gasteiger partial charge in [-0.3, -0.25) is 4.79 Å². The summed E-state index contributed by atoms with van der Waals surface area (Å²) in [6.07, 6.45) is 0.952. The van der Waals surface area contributed by atoms with Crippen molar-refractivity contribution in [1.29, 1.82) is 0 Å². The highest BCUT2D eigenvalue weighted by molar-refractivity contribution is 7.89. The molecule has 3 aromatic rings. The van der Waals surface area contributed by atoms with Gasteiger partial charge >= 0.3 is 11.8 Å². The number of rotatable bonds is 7. The number of benzene rings is 2. The standard InChI is InChI=1S/C21H24N4O4S/c1-5-15-6-8-16(9-7-15)14(2)22-19(26)21-24-23-20(29-21)17-10-12-18(13-11-17)30(27,28)25(3)4/h6-14H,5H2,1-4H3,(H,22,26)/t14-/m1/s1. The summed E-state index contributed by atoms with van der Waals surface area (Å²) < 4.78 is 30.9. The number of hydrogen-bond donors (Lipinski definition) is 1.